The molecule has 5 aromatic rings. The second-order valence-corrected chi connectivity index (χ2v) is 14.7. The third-order valence-corrected chi connectivity index (χ3v) is 10.7. The minimum Gasteiger partial charge on any atom is -0.405 e. The lowest BCUT2D eigenvalue weighted by Crippen LogP contribution is -2.31. The summed E-state index contributed by atoms with van der Waals surface area (Å²) in [6.07, 6.45) is 31.3. The van der Waals surface area contributed by atoms with Gasteiger partial charge < -0.3 is 37.8 Å². The van der Waals surface area contributed by atoms with Gasteiger partial charge in [0.15, 0.2) is 0 Å². The van der Waals surface area contributed by atoms with Gasteiger partial charge in [-0.25, -0.2) is 0 Å². The summed E-state index contributed by atoms with van der Waals surface area (Å²) in [5, 5.41) is 19.1. The number of rotatable bonds is 13. The van der Waals surface area contributed by atoms with Crippen LogP contribution in [0.2, 0.25) is 0 Å². The third kappa shape index (κ3) is 11.1. The molecule has 1 aromatic heterocycles. The van der Waals surface area contributed by atoms with Crippen molar-refractivity contribution in [3.63, 3.8) is 0 Å². The zero-order valence-electron chi connectivity index (χ0n) is 37.6. The monoisotopic (exact) mass is 834 g/mol. The zero-order valence-corrected chi connectivity index (χ0v) is 37.6. The Morgan fingerprint density at radius 1 is 0.873 bits per heavy atom. The van der Waals surface area contributed by atoms with Gasteiger partial charge in [-0.05, 0) is 143 Å². The summed E-state index contributed by atoms with van der Waals surface area (Å²) < 4.78 is 2.39. The lowest BCUT2D eigenvalue weighted by atomic mass is 9.93. The molecule has 3 heterocycles. The van der Waals surface area contributed by atoms with Crippen molar-refractivity contribution in [2.24, 2.45) is 17.2 Å². The van der Waals surface area contributed by atoms with Crippen molar-refractivity contribution in [1.82, 2.24) is 15.2 Å². The molecule has 1 atom stereocenters. The average Bonchev–Trinajstić information content (AvgIpc) is 3.68. The fourth-order valence-corrected chi connectivity index (χ4v) is 7.56. The Kier molecular flexibility index (Phi) is 16.9. The maximum atomic E-state index is 7.52. The van der Waals surface area contributed by atoms with E-state index in [1.165, 1.54) is 35.0 Å². The number of nitrogens with one attached hydrogen (secondary N) is 3. The van der Waals surface area contributed by atoms with Crippen molar-refractivity contribution in [1.29, 1.82) is 5.41 Å². The fraction of sp³-hybridized carbons (Fsp3) is 0.161. The minimum atomic E-state index is -0.167. The summed E-state index contributed by atoms with van der Waals surface area (Å²) in [6, 6.07) is 28.4. The normalized spacial score (nSPS) is 16.0. The number of hydrogen-bond donors (Lipinski definition) is 6. The quantitative estimate of drug-likeness (QED) is 0.0519. The highest BCUT2D eigenvalue weighted by atomic mass is 15.0. The highest BCUT2D eigenvalue weighted by molar-refractivity contribution is 6.19. The van der Waals surface area contributed by atoms with E-state index < -0.39 is 0 Å². The number of para-hydroxylation sites is 1. The Morgan fingerprint density at radius 2 is 1.60 bits per heavy atom. The molecule has 322 valence electrons. The topological polar surface area (TPSA) is 131 Å². The number of fused-ring (bicyclic) bond motifs is 5. The van der Waals surface area contributed by atoms with Gasteiger partial charge in [0.25, 0.3) is 0 Å². The minimum absolute atomic E-state index is 0.167. The molecule has 7 heteroatoms. The van der Waals surface area contributed by atoms with Crippen LogP contribution in [-0.4, -0.2) is 23.4 Å². The number of aromatic nitrogens is 1. The molecular weight excluding hydrogens is 771 g/mol. The molecule has 63 heavy (non-hydrogen) atoms. The van der Waals surface area contributed by atoms with Crippen LogP contribution in [0.25, 0.3) is 49.4 Å². The molecule has 0 radical (unpaired) electrons. The van der Waals surface area contributed by atoms with Crippen LogP contribution in [-0.2, 0) is 0 Å². The summed E-state index contributed by atoms with van der Waals surface area (Å²) in [4.78, 5) is 0. The number of nitrogens with zero attached hydrogens (tertiary/aromatic N) is 1. The van der Waals surface area contributed by atoms with Gasteiger partial charge in [0.2, 0.25) is 0 Å². The molecule has 0 spiro atoms. The van der Waals surface area contributed by atoms with Crippen LogP contribution in [0.15, 0.2) is 211 Å². The van der Waals surface area contributed by atoms with Gasteiger partial charge in [-0.3, -0.25) is 0 Å². The van der Waals surface area contributed by atoms with E-state index >= 15 is 0 Å². The number of nitrogens with two attached hydrogens (primary N) is 3. The molecule has 0 bridgehead atoms. The summed E-state index contributed by atoms with van der Waals surface area (Å²) in [5.74, 6) is 0. The van der Waals surface area contributed by atoms with Gasteiger partial charge in [0.1, 0.15) is 0 Å². The molecule has 0 saturated carbocycles. The Morgan fingerprint density at radius 3 is 2.32 bits per heavy atom. The molecule has 1 unspecified atom stereocenters. The molecule has 4 aromatic carbocycles. The molecule has 0 fully saturated rings. The van der Waals surface area contributed by atoms with Crippen molar-refractivity contribution in [3.8, 4) is 5.69 Å². The van der Waals surface area contributed by atoms with E-state index in [-0.39, 0.29) is 6.04 Å². The van der Waals surface area contributed by atoms with Gasteiger partial charge in [-0.1, -0.05) is 125 Å². The smallest absolute Gasteiger partial charge is 0.0701 e. The molecule has 0 amide bonds. The highest BCUT2D eigenvalue weighted by Gasteiger charge is 2.21. The summed E-state index contributed by atoms with van der Waals surface area (Å²) in [5.41, 5.74) is 31.3. The molecule has 9 N–H and O–H groups in total. The molecule has 2 aliphatic heterocycles. The molecule has 0 saturated heterocycles. The van der Waals surface area contributed by atoms with Crippen LogP contribution in [0, 0.1) is 5.41 Å². The highest BCUT2D eigenvalue weighted by Crippen LogP contribution is 2.39. The van der Waals surface area contributed by atoms with E-state index in [1.54, 1.807) is 12.2 Å². The Bertz CT molecular complexity index is 2790. The maximum absolute atomic E-state index is 7.52. The molecule has 7 rings (SSSR count). The van der Waals surface area contributed by atoms with E-state index in [1.807, 2.05) is 58.9 Å². The van der Waals surface area contributed by atoms with Crippen LogP contribution < -0.4 is 27.8 Å². The van der Waals surface area contributed by atoms with Gasteiger partial charge >= 0.3 is 0 Å². The average molecular weight is 834 g/mol. The van der Waals surface area contributed by atoms with Crippen LogP contribution in [0.3, 0.4) is 0 Å². The second kappa shape index (κ2) is 22.9. The van der Waals surface area contributed by atoms with E-state index in [0.29, 0.717) is 5.70 Å². The first-order valence-corrected chi connectivity index (χ1v) is 21.8. The van der Waals surface area contributed by atoms with Crippen molar-refractivity contribution >= 4 is 49.9 Å². The van der Waals surface area contributed by atoms with Gasteiger partial charge in [-0.2, -0.15) is 0 Å². The summed E-state index contributed by atoms with van der Waals surface area (Å²) in [7, 11) is 0. The predicted octanol–water partition coefficient (Wildman–Crippen LogP) is 12.5. The lowest BCUT2D eigenvalue weighted by Gasteiger charge is -2.26. The summed E-state index contributed by atoms with van der Waals surface area (Å²) in [6.45, 7) is 17.2. The van der Waals surface area contributed by atoms with Crippen molar-refractivity contribution in [2.75, 3.05) is 6.54 Å². The van der Waals surface area contributed by atoms with Crippen LogP contribution in [0.4, 0.5) is 0 Å². The number of allylic oxidation sites excluding steroid dienone is 14. The third-order valence-electron chi connectivity index (χ3n) is 10.7. The van der Waals surface area contributed by atoms with Gasteiger partial charge in [0.05, 0.1) is 17.1 Å². The molecule has 7 nitrogen and oxygen atoms in total. The number of hydrogen-bond acceptors (Lipinski definition) is 6. The van der Waals surface area contributed by atoms with Gasteiger partial charge in [-0.15, -0.1) is 0 Å². The maximum Gasteiger partial charge on any atom is 0.0701 e. The number of dihydropyridines is 2. The van der Waals surface area contributed by atoms with E-state index in [9.17, 15) is 0 Å². The Balaban J connectivity index is 0.00000182. The molecular formula is C56H63N7. The summed E-state index contributed by atoms with van der Waals surface area (Å²) >= 11 is 0. The van der Waals surface area contributed by atoms with E-state index in [2.05, 4.69) is 150 Å². The van der Waals surface area contributed by atoms with Crippen molar-refractivity contribution in [2.45, 2.75) is 54.0 Å². The zero-order chi connectivity index (χ0) is 45.3. The molecule has 2 aliphatic rings. The van der Waals surface area contributed by atoms with Crippen LogP contribution >= 0.6 is 0 Å². The SMILES string of the molecule is C=C(/C=C\C=N)C1C=C(c2ccc3c4ccc5cc(C(/C=C(N)/C(C)=C/C=C\N)=C/CC6=CNCC=C6)ccc5c4n(-c4ccccc4)c3c2)C=C(/C(C)=C/C=C\N)N1.CC.CC. The van der Waals surface area contributed by atoms with Gasteiger partial charge in [0, 0.05) is 52.2 Å². The molecule has 0 aliphatic carbocycles. The first-order valence-electron chi connectivity index (χ1n) is 21.8. The van der Waals surface area contributed by atoms with Crippen molar-refractivity contribution in [3.05, 3.63) is 222 Å². The predicted molar refractivity (Wildman–Crippen MR) is 275 cm³/mol. The fourth-order valence-electron chi connectivity index (χ4n) is 7.56. The lowest BCUT2D eigenvalue weighted by molar-refractivity contribution is 0.764. The standard InChI is InChI=1S/C52H51N7.2C2H6/c1-35(11-7-25-53)48(56)30-40(18-17-38-14-10-28-57-34-38)39-19-22-45-42(29-39)21-24-47-46-23-20-41(33-51(46)59(52(45)47)44-15-5-4-6-16-44)43-31-49(36(2)12-8-26-54)58-50(32-43)37(3)13-9-27-55;2*1-2/h4-16,18-27,29-34,49,54,57-58H,2,17,28,53,55-56H2,1,3H3;2*1-2H3/b12-8-,25-7-,27-9-,35-11+,37-13+,40-18+,48-30-,54-26?;;. The first-order chi connectivity index (χ1) is 30.8. The van der Waals surface area contributed by atoms with E-state index in [4.69, 9.17) is 22.6 Å². The second-order valence-electron chi connectivity index (χ2n) is 14.7. The largest absolute Gasteiger partial charge is 0.405 e. The Labute approximate surface area is 374 Å². The number of benzene rings is 4. The van der Waals surface area contributed by atoms with Crippen LogP contribution in [0.5, 0.6) is 0 Å². The van der Waals surface area contributed by atoms with Crippen LogP contribution in [0.1, 0.15) is 59.1 Å². The first kappa shape index (κ1) is 46.6. The van der Waals surface area contributed by atoms with E-state index in [0.717, 1.165) is 85.1 Å². The van der Waals surface area contributed by atoms with Crippen molar-refractivity contribution < 1.29 is 0 Å². The Hall–Kier alpha value is -7.51.